The van der Waals surface area contributed by atoms with Gasteiger partial charge in [0.25, 0.3) is 0 Å². The molecule has 0 aliphatic carbocycles. The first-order chi connectivity index (χ1) is 7.99. The van der Waals surface area contributed by atoms with Gasteiger partial charge in [0, 0.05) is 4.47 Å². The number of carbonyl (C=O) groups excluding carboxylic acids is 1. The molecule has 0 unspecified atom stereocenters. The van der Waals surface area contributed by atoms with Gasteiger partial charge in [-0.25, -0.2) is 0 Å². The molecule has 0 spiro atoms. The van der Waals surface area contributed by atoms with Crippen LogP contribution in [0.5, 0.6) is 0 Å². The highest BCUT2D eigenvalue weighted by molar-refractivity contribution is 9.10. The normalized spacial score (nSPS) is 12.5. The zero-order valence-electron chi connectivity index (χ0n) is 10.2. The van der Waals surface area contributed by atoms with E-state index < -0.39 is 6.04 Å². The molecular weight excluding hydrogens is 282 g/mol. The quantitative estimate of drug-likeness (QED) is 0.851. The summed E-state index contributed by atoms with van der Waals surface area (Å²) in [4.78, 5) is 11.6. The molecule has 0 radical (unpaired) electrons. The molecule has 1 rings (SSSR count). The summed E-state index contributed by atoms with van der Waals surface area (Å²) in [6.45, 7) is 4.33. The molecule has 0 aliphatic rings. The van der Waals surface area contributed by atoms with E-state index in [1.54, 1.807) is 0 Å². The van der Waals surface area contributed by atoms with E-state index in [2.05, 4.69) is 15.9 Å². The fourth-order valence-corrected chi connectivity index (χ4v) is 1.71. The van der Waals surface area contributed by atoms with Crippen molar-refractivity contribution in [2.45, 2.75) is 32.9 Å². The van der Waals surface area contributed by atoms with Gasteiger partial charge in [-0.1, -0.05) is 41.9 Å². The molecule has 0 aliphatic heterocycles. The van der Waals surface area contributed by atoms with Crippen molar-refractivity contribution in [1.82, 2.24) is 0 Å². The average Bonchev–Trinajstić information content (AvgIpc) is 2.27. The minimum absolute atomic E-state index is 0.276. The number of halogens is 1. The zero-order valence-corrected chi connectivity index (χ0v) is 11.7. The second kappa shape index (κ2) is 6.77. The van der Waals surface area contributed by atoms with E-state index in [9.17, 15) is 4.79 Å². The van der Waals surface area contributed by atoms with Crippen LogP contribution in [0.2, 0.25) is 0 Å². The molecule has 0 heterocycles. The molecule has 4 heteroatoms. The summed E-state index contributed by atoms with van der Waals surface area (Å²) in [5.41, 5.74) is 6.68. The van der Waals surface area contributed by atoms with Crippen molar-refractivity contribution >= 4 is 21.9 Å². The van der Waals surface area contributed by atoms with E-state index in [1.807, 2.05) is 38.1 Å². The predicted octanol–water partition coefficient (Wildman–Crippen LogP) is 2.87. The highest BCUT2D eigenvalue weighted by Crippen LogP contribution is 2.12. The second-order valence-corrected chi connectivity index (χ2v) is 5.39. The van der Waals surface area contributed by atoms with Gasteiger partial charge in [-0.3, -0.25) is 4.79 Å². The summed E-state index contributed by atoms with van der Waals surface area (Å²) < 4.78 is 6.16. The Labute approximate surface area is 110 Å². The number of esters is 1. The Hall–Kier alpha value is -0.870. The summed E-state index contributed by atoms with van der Waals surface area (Å²) in [6.07, 6.45) is 0.652. The van der Waals surface area contributed by atoms with Crippen LogP contribution < -0.4 is 5.73 Å². The minimum Gasteiger partial charge on any atom is -0.460 e. The first-order valence-electron chi connectivity index (χ1n) is 5.65. The number of rotatable bonds is 5. The highest BCUT2D eigenvalue weighted by Gasteiger charge is 2.16. The molecule has 0 fully saturated rings. The maximum Gasteiger partial charge on any atom is 0.323 e. The Morgan fingerprint density at radius 3 is 2.47 bits per heavy atom. The molecule has 2 N–H and O–H groups in total. The standard InChI is InChI=1S/C13H18BrNO2/c1-9(2)7-12(15)13(16)17-8-10-3-5-11(14)6-4-10/h3-6,9,12H,7-8,15H2,1-2H3/t12-/m0/s1. The van der Waals surface area contributed by atoms with E-state index >= 15 is 0 Å². The highest BCUT2D eigenvalue weighted by atomic mass is 79.9. The van der Waals surface area contributed by atoms with Crippen LogP contribution in [0.4, 0.5) is 0 Å². The van der Waals surface area contributed by atoms with Crippen LogP contribution in [0.15, 0.2) is 28.7 Å². The van der Waals surface area contributed by atoms with Crippen molar-refractivity contribution in [2.24, 2.45) is 11.7 Å². The first-order valence-corrected chi connectivity index (χ1v) is 6.45. The van der Waals surface area contributed by atoms with Gasteiger partial charge in [-0.05, 0) is 30.0 Å². The fraction of sp³-hybridized carbons (Fsp3) is 0.462. The van der Waals surface area contributed by atoms with Gasteiger partial charge < -0.3 is 10.5 Å². The maximum absolute atomic E-state index is 11.6. The van der Waals surface area contributed by atoms with Crippen LogP contribution in [0.1, 0.15) is 25.8 Å². The summed E-state index contributed by atoms with van der Waals surface area (Å²) in [7, 11) is 0. The van der Waals surface area contributed by atoms with Crippen molar-refractivity contribution in [3.8, 4) is 0 Å². The minimum atomic E-state index is -0.523. The molecule has 1 aromatic carbocycles. The second-order valence-electron chi connectivity index (χ2n) is 4.47. The summed E-state index contributed by atoms with van der Waals surface area (Å²) in [5.74, 6) is 0.0619. The van der Waals surface area contributed by atoms with Crippen molar-refractivity contribution in [3.63, 3.8) is 0 Å². The Morgan fingerprint density at radius 1 is 1.35 bits per heavy atom. The van der Waals surface area contributed by atoms with Crippen LogP contribution in [-0.4, -0.2) is 12.0 Å². The molecule has 0 amide bonds. The lowest BCUT2D eigenvalue weighted by molar-refractivity contribution is -0.146. The Bertz CT molecular complexity index is 362. The third-order valence-electron chi connectivity index (χ3n) is 2.32. The number of carbonyl (C=O) groups is 1. The van der Waals surface area contributed by atoms with Crippen molar-refractivity contribution < 1.29 is 9.53 Å². The first kappa shape index (κ1) is 14.2. The molecular formula is C13H18BrNO2. The fourth-order valence-electron chi connectivity index (χ4n) is 1.45. The van der Waals surface area contributed by atoms with E-state index in [-0.39, 0.29) is 12.6 Å². The van der Waals surface area contributed by atoms with E-state index in [1.165, 1.54) is 0 Å². The molecule has 0 saturated heterocycles. The maximum atomic E-state index is 11.6. The van der Waals surface area contributed by atoms with Crippen LogP contribution in [0.25, 0.3) is 0 Å². The molecule has 0 bridgehead atoms. The number of ether oxygens (including phenoxy) is 1. The van der Waals surface area contributed by atoms with Crippen LogP contribution in [0.3, 0.4) is 0 Å². The van der Waals surface area contributed by atoms with Crippen molar-refractivity contribution in [2.75, 3.05) is 0 Å². The topological polar surface area (TPSA) is 52.3 Å². The number of hydrogen-bond acceptors (Lipinski definition) is 3. The summed E-state index contributed by atoms with van der Waals surface area (Å²) >= 11 is 3.35. The molecule has 3 nitrogen and oxygen atoms in total. The third-order valence-corrected chi connectivity index (χ3v) is 2.85. The van der Waals surface area contributed by atoms with Gasteiger partial charge in [0.05, 0.1) is 0 Å². The van der Waals surface area contributed by atoms with Gasteiger partial charge >= 0.3 is 5.97 Å². The summed E-state index contributed by atoms with van der Waals surface area (Å²) in [5, 5.41) is 0. The Balaban J connectivity index is 2.40. The van der Waals surface area contributed by atoms with Gasteiger partial charge in [0.15, 0.2) is 0 Å². The van der Waals surface area contributed by atoms with E-state index in [0.29, 0.717) is 12.3 Å². The number of nitrogens with two attached hydrogens (primary N) is 1. The van der Waals surface area contributed by atoms with Crippen molar-refractivity contribution in [1.29, 1.82) is 0 Å². The van der Waals surface area contributed by atoms with Gasteiger partial charge in [0.1, 0.15) is 12.6 Å². The number of hydrogen-bond donors (Lipinski definition) is 1. The van der Waals surface area contributed by atoms with Gasteiger partial charge in [-0.2, -0.15) is 0 Å². The van der Waals surface area contributed by atoms with Crippen LogP contribution in [-0.2, 0) is 16.1 Å². The smallest absolute Gasteiger partial charge is 0.323 e. The molecule has 1 atom stereocenters. The lowest BCUT2D eigenvalue weighted by Crippen LogP contribution is -2.33. The van der Waals surface area contributed by atoms with Gasteiger partial charge in [-0.15, -0.1) is 0 Å². The zero-order chi connectivity index (χ0) is 12.8. The molecule has 0 saturated carbocycles. The monoisotopic (exact) mass is 299 g/mol. The summed E-state index contributed by atoms with van der Waals surface area (Å²) in [6, 6.07) is 7.12. The van der Waals surface area contributed by atoms with Gasteiger partial charge in [0.2, 0.25) is 0 Å². The molecule has 1 aromatic rings. The average molecular weight is 300 g/mol. The van der Waals surface area contributed by atoms with Crippen LogP contribution >= 0.6 is 15.9 Å². The molecule has 94 valence electrons. The number of benzene rings is 1. The predicted molar refractivity (Wildman–Crippen MR) is 71.4 cm³/mol. The largest absolute Gasteiger partial charge is 0.460 e. The van der Waals surface area contributed by atoms with E-state index in [4.69, 9.17) is 10.5 Å². The SMILES string of the molecule is CC(C)C[C@H](N)C(=O)OCc1ccc(Br)cc1. The lowest BCUT2D eigenvalue weighted by atomic mass is 10.1. The van der Waals surface area contributed by atoms with E-state index in [0.717, 1.165) is 10.0 Å². The van der Waals surface area contributed by atoms with Crippen LogP contribution in [0, 0.1) is 5.92 Å². The molecule has 17 heavy (non-hydrogen) atoms. The Kier molecular flexibility index (Phi) is 5.65. The third kappa shape index (κ3) is 5.33. The molecule has 0 aromatic heterocycles. The Morgan fingerprint density at radius 2 is 1.94 bits per heavy atom. The van der Waals surface area contributed by atoms with Crippen molar-refractivity contribution in [3.05, 3.63) is 34.3 Å². The lowest BCUT2D eigenvalue weighted by Gasteiger charge is -2.13.